The molecule has 2 aromatic heterocycles. The van der Waals surface area contributed by atoms with E-state index >= 15 is 0 Å². The van der Waals surface area contributed by atoms with Crippen LogP contribution in [0.3, 0.4) is 0 Å². The fourth-order valence-corrected chi connectivity index (χ4v) is 8.66. The monoisotopic (exact) mass is 663 g/mol. The normalized spacial score (nSPS) is 13.3. The predicted octanol–water partition coefficient (Wildman–Crippen LogP) is 12.9. The number of aromatic nitrogens is 2. The Morgan fingerprint density at radius 2 is 1.13 bits per heavy atom. The van der Waals surface area contributed by atoms with Gasteiger partial charge in [-0.1, -0.05) is 121 Å². The van der Waals surface area contributed by atoms with E-state index in [1.165, 1.54) is 77.9 Å². The number of rotatable bonds is 3. The lowest BCUT2D eigenvalue weighted by Crippen LogP contribution is -2.10. The summed E-state index contributed by atoms with van der Waals surface area (Å²) in [5.74, 6) is 0. The van der Waals surface area contributed by atoms with Gasteiger partial charge in [-0.05, 0) is 106 Å². The Hall–Kier alpha value is -6.71. The van der Waals surface area contributed by atoms with Gasteiger partial charge in [-0.2, -0.15) is 0 Å². The molecule has 0 fully saturated rings. The van der Waals surface area contributed by atoms with Crippen molar-refractivity contribution in [1.82, 2.24) is 9.38 Å². The van der Waals surface area contributed by atoms with Crippen molar-refractivity contribution in [2.24, 2.45) is 0 Å². The molecular formula is C49H33N3. The number of nitrogens with zero attached hydrogens (tertiary/aromatic N) is 3. The number of aryl methyl sites for hydroxylation is 1. The van der Waals surface area contributed by atoms with Gasteiger partial charge in [0.25, 0.3) is 0 Å². The Morgan fingerprint density at radius 1 is 0.462 bits per heavy atom. The first kappa shape index (κ1) is 29.1. The number of pyridine rings is 1. The molecule has 0 bridgehead atoms. The van der Waals surface area contributed by atoms with E-state index in [1.54, 1.807) is 0 Å². The van der Waals surface area contributed by atoms with E-state index in [-0.39, 0.29) is 0 Å². The molecule has 0 spiro atoms. The van der Waals surface area contributed by atoms with Crippen molar-refractivity contribution in [2.45, 2.75) is 12.8 Å². The topological polar surface area (TPSA) is 20.5 Å². The second-order valence-electron chi connectivity index (χ2n) is 13.9. The van der Waals surface area contributed by atoms with Crippen LogP contribution in [-0.2, 0) is 6.42 Å². The van der Waals surface area contributed by atoms with Gasteiger partial charge in [0.15, 0.2) is 0 Å². The van der Waals surface area contributed by atoms with Crippen molar-refractivity contribution < 1.29 is 0 Å². The minimum Gasteiger partial charge on any atom is -0.309 e. The minimum absolute atomic E-state index is 0.953. The SMILES string of the molecule is C1=C(c2cccc(-c3ccc4c(c3)-c3ccccc3-c3ccccc3N4c3ccccc3)c2)CCc2c1c1ccccc1n1c2nc2ccccc21. The number of hydrogen-bond donors (Lipinski definition) is 0. The number of imidazole rings is 1. The molecule has 0 radical (unpaired) electrons. The zero-order valence-electron chi connectivity index (χ0n) is 28.5. The Morgan fingerprint density at radius 3 is 2.02 bits per heavy atom. The molecule has 1 aliphatic heterocycles. The molecule has 9 aromatic rings. The highest BCUT2D eigenvalue weighted by Gasteiger charge is 2.26. The summed E-state index contributed by atoms with van der Waals surface area (Å²) in [6.07, 6.45) is 4.35. The van der Waals surface area contributed by atoms with E-state index in [1.807, 2.05) is 0 Å². The van der Waals surface area contributed by atoms with E-state index in [0.717, 1.165) is 35.2 Å². The molecule has 244 valence electrons. The Kier molecular flexibility index (Phi) is 6.38. The first-order chi connectivity index (χ1) is 25.8. The number of allylic oxidation sites excluding steroid dienone is 1. The van der Waals surface area contributed by atoms with Crippen LogP contribution in [0.5, 0.6) is 0 Å². The molecule has 52 heavy (non-hydrogen) atoms. The summed E-state index contributed by atoms with van der Waals surface area (Å²) >= 11 is 0. The minimum atomic E-state index is 0.953. The van der Waals surface area contributed by atoms with Crippen LogP contribution in [0.4, 0.5) is 17.1 Å². The summed E-state index contributed by atoms with van der Waals surface area (Å²) in [5.41, 5.74) is 20.7. The maximum Gasteiger partial charge on any atom is 0.142 e. The van der Waals surface area contributed by atoms with E-state index < -0.39 is 0 Å². The number of fused-ring (bicyclic) bond motifs is 13. The van der Waals surface area contributed by atoms with Gasteiger partial charge in [0.2, 0.25) is 0 Å². The number of para-hydroxylation sites is 5. The van der Waals surface area contributed by atoms with Gasteiger partial charge >= 0.3 is 0 Å². The Labute approximate surface area is 302 Å². The van der Waals surface area contributed by atoms with Crippen LogP contribution in [-0.4, -0.2) is 9.38 Å². The van der Waals surface area contributed by atoms with Crippen molar-refractivity contribution in [3.63, 3.8) is 0 Å². The van der Waals surface area contributed by atoms with Crippen LogP contribution in [0.1, 0.15) is 23.1 Å². The van der Waals surface area contributed by atoms with Gasteiger partial charge in [-0.25, -0.2) is 4.98 Å². The quantitative estimate of drug-likeness (QED) is 0.188. The fraction of sp³-hybridized carbons (Fsp3) is 0.0408. The molecule has 3 heteroatoms. The number of hydrogen-bond acceptors (Lipinski definition) is 2. The van der Waals surface area contributed by atoms with Gasteiger partial charge in [0.1, 0.15) is 5.65 Å². The van der Waals surface area contributed by atoms with Crippen LogP contribution >= 0.6 is 0 Å². The average Bonchev–Trinajstić information content (AvgIpc) is 3.56. The first-order valence-electron chi connectivity index (χ1n) is 18.1. The summed E-state index contributed by atoms with van der Waals surface area (Å²) in [4.78, 5) is 7.57. The molecule has 0 saturated heterocycles. The molecule has 0 amide bonds. The lowest BCUT2D eigenvalue weighted by atomic mass is 9.86. The maximum atomic E-state index is 5.16. The fourth-order valence-electron chi connectivity index (χ4n) is 8.66. The summed E-state index contributed by atoms with van der Waals surface area (Å²) < 4.78 is 2.36. The maximum absolute atomic E-state index is 5.16. The van der Waals surface area contributed by atoms with Crippen molar-refractivity contribution >= 4 is 56.3 Å². The third kappa shape index (κ3) is 4.36. The second-order valence-corrected chi connectivity index (χ2v) is 13.9. The summed E-state index contributed by atoms with van der Waals surface area (Å²) in [5, 5.41) is 1.27. The first-order valence-corrected chi connectivity index (χ1v) is 18.1. The summed E-state index contributed by atoms with van der Waals surface area (Å²) in [6.45, 7) is 0. The summed E-state index contributed by atoms with van der Waals surface area (Å²) in [7, 11) is 0. The lowest BCUT2D eigenvalue weighted by molar-refractivity contribution is 0.998. The average molecular weight is 664 g/mol. The van der Waals surface area contributed by atoms with Crippen molar-refractivity contribution in [3.8, 4) is 33.4 Å². The highest BCUT2D eigenvalue weighted by Crippen LogP contribution is 2.51. The molecule has 0 N–H and O–H groups in total. The lowest BCUT2D eigenvalue weighted by Gasteiger charge is -2.27. The molecule has 2 aliphatic rings. The second kappa shape index (κ2) is 11.4. The van der Waals surface area contributed by atoms with E-state index in [0.29, 0.717) is 0 Å². The van der Waals surface area contributed by atoms with Gasteiger partial charge in [-0.15, -0.1) is 0 Å². The Bertz CT molecular complexity index is 2910. The van der Waals surface area contributed by atoms with Crippen LogP contribution in [0.15, 0.2) is 170 Å². The summed E-state index contributed by atoms with van der Waals surface area (Å²) in [6, 6.07) is 61.8. The van der Waals surface area contributed by atoms with Crippen molar-refractivity contribution in [1.29, 1.82) is 0 Å². The van der Waals surface area contributed by atoms with E-state index in [2.05, 4.69) is 185 Å². The standard InChI is InChI=1S/C49H33N3/c1-2-15-36(16-3-1)51-45-22-9-6-19-39(45)37-17-4-5-18-38(37)43-31-35(26-28-47(43)51)33-14-12-13-32(29-33)34-25-27-41-42(30-34)40-20-7-10-23-46(40)52-48-24-11-8-21-44(48)50-49(41)52/h1-24,26,28-31H,25,27H2. The highest BCUT2D eigenvalue weighted by molar-refractivity contribution is 6.04. The van der Waals surface area contributed by atoms with Crippen LogP contribution in [0.2, 0.25) is 0 Å². The molecule has 0 unspecified atom stereocenters. The van der Waals surface area contributed by atoms with Gasteiger partial charge in [0, 0.05) is 27.8 Å². The van der Waals surface area contributed by atoms with Crippen LogP contribution < -0.4 is 4.90 Å². The number of benzene rings is 7. The van der Waals surface area contributed by atoms with E-state index in [9.17, 15) is 0 Å². The third-order valence-corrected chi connectivity index (χ3v) is 11.0. The van der Waals surface area contributed by atoms with Crippen molar-refractivity contribution in [3.05, 3.63) is 187 Å². The van der Waals surface area contributed by atoms with Crippen LogP contribution in [0.25, 0.3) is 72.6 Å². The zero-order valence-corrected chi connectivity index (χ0v) is 28.5. The van der Waals surface area contributed by atoms with Gasteiger partial charge in [-0.3, -0.25) is 4.40 Å². The predicted molar refractivity (Wildman–Crippen MR) is 217 cm³/mol. The molecule has 3 nitrogen and oxygen atoms in total. The molecule has 0 saturated carbocycles. The third-order valence-electron chi connectivity index (χ3n) is 11.0. The Balaban J connectivity index is 1.06. The van der Waals surface area contributed by atoms with Gasteiger partial charge in [0.05, 0.1) is 27.9 Å². The molecule has 11 rings (SSSR count). The molecular weight excluding hydrogens is 631 g/mol. The smallest absolute Gasteiger partial charge is 0.142 e. The molecule has 1 aliphatic carbocycles. The van der Waals surface area contributed by atoms with Crippen LogP contribution in [0, 0.1) is 0 Å². The van der Waals surface area contributed by atoms with Crippen molar-refractivity contribution in [2.75, 3.05) is 4.90 Å². The van der Waals surface area contributed by atoms with Gasteiger partial charge < -0.3 is 4.90 Å². The zero-order chi connectivity index (χ0) is 34.2. The molecule has 0 atom stereocenters. The molecule has 3 heterocycles. The molecule has 7 aromatic carbocycles. The van der Waals surface area contributed by atoms with E-state index in [4.69, 9.17) is 4.98 Å². The highest BCUT2D eigenvalue weighted by atomic mass is 15.1. The number of anilines is 3. The largest absolute Gasteiger partial charge is 0.309 e.